The summed E-state index contributed by atoms with van der Waals surface area (Å²) in [4.78, 5) is 6.52. The molecule has 1 aliphatic heterocycles. The standard InChI is InChI=1S/C11H18N4O/c1-15(7-8-4-5-12-6-8)11-13-10(14-16-11)9-2-3-9/h8-9,12H,2-7H2,1H3. The Morgan fingerprint density at radius 3 is 3.00 bits per heavy atom. The van der Waals surface area contributed by atoms with E-state index in [4.69, 9.17) is 4.52 Å². The van der Waals surface area contributed by atoms with Gasteiger partial charge in [-0.25, -0.2) is 0 Å². The van der Waals surface area contributed by atoms with Crippen LogP contribution in [-0.2, 0) is 0 Å². The average Bonchev–Trinajstić information content (AvgIpc) is 2.82. The van der Waals surface area contributed by atoms with Crippen LogP contribution in [0.15, 0.2) is 4.52 Å². The Kier molecular flexibility index (Phi) is 2.55. The van der Waals surface area contributed by atoms with Gasteiger partial charge in [0.1, 0.15) is 0 Å². The van der Waals surface area contributed by atoms with Crippen molar-refractivity contribution in [1.82, 2.24) is 15.5 Å². The lowest BCUT2D eigenvalue weighted by molar-refractivity contribution is 0.404. The molecule has 2 fully saturated rings. The second-order valence-corrected chi connectivity index (χ2v) is 4.95. The number of hydrogen-bond donors (Lipinski definition) is 1. The van der Waals surface area contributed by atoms with Crippen molar-refractivity contribution in [3.63, 3.8) is 0 Å². The summed E-state index contributed by atoms with van der Waals surface area (Å²) in [7, 11) is 2.03. The van der Waals surface area contributed by atoms with Crippen LogP contribution in [0.2, 0.25) is 0 Å². The van der Waals surface area contributed by atoms with Gasteiger partial charge >= 0.3 is 6.01 Å². The first kappa shape index (κ1) is 10.1. The third-order valence-electron chi connectivity index (χ3n) is 3.39. The van der Waals surface area contributed by atoms with Crippen molar-refractivity contribution < 1.29 is 4.52 Å². The Labute approximate surface area is 95.2 Å². The van der Waals surface area contributed by atoms with Crippen LogP contribution < -0.4 is 10.2 Å². The SMILES string of the molecule is CN(CC1CCNC1)c1nc(C2CC2)no1. The van der Waals surface area contributed by atoms with E-state index in [0.717, 1.165) is 25.5 Å². The number of anilines is 1. The normalized spacial score (nSPS) is 24.9. The first-order valence-corrected chi connectivity index (χ1v) is 6.08. The van der Waals surface area contributed by atoms with Crippen LogP contribution in [0.3, 0.4) is 0 Å². The van der Waals surface area contributed by atoms with Crippen LogP contribution in [0.5, 0.6) is 0 Å². The number of aromatic nitrogens is 2. The molecule has 16 heavy (non-hydrogen) atoms. The Morgan fingerprint density at radius 1 is 1.44 bits per heavy atom. The molecule has 1 atom stereocenters. The van der Waals surface area contributed by atoms with Crippen molar-refractivity contribution in [3.8, 4) is 0 Å². The fourth-order valence-electron chi connectivity index (χ4n) is 2.22. The van der Waals surface area contributed by atoms with Gasteiger partial charge in [0.05, 0.1) is 0 Å². The van der Waals surface area contributed by atoms with E-state index in [1.54, 1.807) is 0 Å². The Bertz CT molecular complexity index is 355. The Hall–Kier alpha value is -1.10. The highest BCUT2D eigenvalue weighted by molar-refractivity contribution is 5.24. The molecule has 1 aromatic heterocycles. The van der Waals surface area contributed by atoms with Gasteiger partial charge in [-0.1, -0.05) is 5.16 Å². The topological polar surface area (TPSA) is 54.2 Å². The van der Waals surface area contributed by atoms with Crippen LogP contribution in [0.4, 0.5) is 6.01 Å². The molecule has 0 radical (unpaired) electrons. The van der Waals surface area contributed by atoms with Crippen LogP contribution in [-0.4, -0.2) is 36.8 Å². The molecule has 5 nitrogen and oxygen atoms in total. The molecule has 2 aliphatic rings. The van der Waals surface area contributed by atoms with Crippen molar-refractivity contribution >= 4 is 6.01 Å². The highest BCUT2D eigenvalue weighted by atomic mass is 16.5. The predicted molar refractivity (Wildman–Crippen MR) is 60.5 cm³/mol. The molecule has 1 saturated heterocycles. The van der Waals surface area contributed by atoms with Crippen LogP contribution >= 0.6 is 0 Å². The van der Waals surface area contributed by atoms with Gasteiger partial charge in [0.15, 0.2) is 5.82 Å². The van der Waals surface area contributed by atoms with Crippen molar-refractivity contribution in [2.24, 2.45) is 5.92 Å². The molecular formula is C11H18N4O. The van der Waals surface area contributed by atoms with E-state index >= 15 is 0 Å². The summed E-state index contributed by atoms with van der Waals surface area (Å²) in [6.45, 7) is 3.24. The maximum absolute atomic E-state index is 5.28. The number of rotatable bonds is 4. The second-order valence-electron chi connectivity index (χ2n) is 4.95. The molecule has 5 heteroatoms. The number of nitrogens with one attached hydrogen (secondary N) is 1. The van der Waals surface area contributed by atoms with E-state index in [2.05, 4.69) is 20.4 Å². The summed E-state index contributed by atoms with van der Waals surface area (Å²) >= 11 is 0. The van der Waals surface area contributed by atoms with Crippen molar-refractivity contribution in [2.45, 2.75) is 25.2 Å². The Morgan fingerprint density at radius 2 is 2.31 bits per heavy atom. The summed E-state index contributed by atoms with van der Waals surface area (Å²) in [5, 5.41) is 7.40. The third kappa shape index (κ3) is 2.04. The van der Waals surface area contributed by atoms with E-state index in [0.29, 0.717) is 17.9 Å². The van der Waals surface area contributed by atoms with Crippen LogP contribution in [0.1, 0.15) is 31.0 Å². The maximum Gasteiger partial charge on any atom is 0.323 e. The minimum absolute atomic E-state index is 0.569. The van der Waals surface area contributed by atoms with Crippen molar-refractivity contribution in [1.29, 1.82) is 0 Å². The Balaban J connectivity index is 1.61. The minimum atomic E-state index is 0.569. The summed E-state index contributed by atoms with van der Waals surface area (Å²) in [5.74, 6) is 2.17. The molecule has 2 heterocycles. The zero-order valence-corrected chi connectivity index (χ0v) is 9.65. The monoisotopic (exact) mass is 222 g/mol. The summed E-state index contributed by atoms with van der Waals surface area (Å²) < 4.78 is 5.28. The summed E-state index contributed by atoms with van der Waals surface area (Å²) in [6.07, 6.45) is 3.68. The molecule has 0 bridgehead atoms. The summed E-state index contributed by atoms with van der Waals surface area (Å²) in [6, 6.07) is 0.675. The highest BCUT2D eigenvalue weighted by Crippen LogP contribution is 2.38. The van der Waals surface area contributed by atoms with Crippen LogP contribution in [0, 0.1) is 5.92 Å². The van der Waals surface area contributed by atoms with Gasteiger partial charge < -0.3 is 14.7 Å². The van der Waals surface area contributed by atoms with Crippen molar-refractivity contribution in [3.05, 3.63) is 5.82 Å². The number of nitrogens with zero attached hydrogens (tertiary/aromatic N) is 3. The zero-order valence-electron chi connectivity index (χ0n) is 9.65. The average molecular weight is 222 g/mol. The molecule has 1 aliphatic carbocycles. The maximum atomic E-state index is 5.28. The third-order valence-corrected chi connectivity index (χ3v) is 3.39. The van der Waals surface area contributed by atoms with Gasteiger partial charge in [0.25, 0.3) is 0 Å². The van der Waals surface area contributed by atoms with Gasteiger partial charge in [-0.15, -0.1) is 0 Å². The fourth-order valence-corrected chi connectivity index (χ4v) is 2.22. The molecule has 0 aromatic carbocycles. The molecule has 1 aromatic rings. The van der Waals surface area contributed by atoms with Gasteiger partial charge in [-0.2, -0.15) is 4.98 Å². The van der Waals surface area contributed by atoms with Crippen molar-refractivity contribution in [2.75, 3.05) is 31.6 Å². The zero-order chi connectivity index (χ0) is 11.0. The molecule has 1 unspecified atom stereocenters. The molecular weight excluding hydrogens is 204 g/mol. The van der Waals surface area contributed by atoms with Gasteiger partial charge in [0, 0.05) is 19.5 Å². The van der Waals surface area contributed by atoms with E-state index in [1.165, 1.54) is 19.3 Å². The molecule has 88 valence electrons. The lowest BCUT2D eigenvalue weighted by atomic mass is 10.1. The van der Waals surface area contributed by atoms with Crippen LogP contribution in [0.25, 0.3) is 0 Å². The summed E-state index contributed by atoms with van der Waals surface area (Å²) in [5.41, 5.74) is 0. The predicted octanol–water partition coefficient (Wildman–Crippen LogP) is 0.993. The smallest absolute Gasteiger partial charge is 0.323 e. The first-order valence-electron chi connectivity index (χ1n) is 6.08. The van der Waals surface area contributed by atoms with Gasteiger partial charge in [-0.05, 0) is 38.3 Å². The first-order chi connectivity index (χ1) is 7.83. The molecule has 1 saturated carbocycles. The van der Waals surface area contributed by atoms with Gasteiger partial charge in [0.2, 0.25) is 0 Å². The van der Waals surface area contributed by atoms with Gasteiger partial charge in [-0.3, -0.25) is 0 Å². The molecule has 1 N–H and O–H groups in total. The molecule has 3 rings (SSSR count). The molecule has 0 spiro atoms. The van der Waals surface area contributed by atoms with E-state index in [-0.39, 0.29) is 0 Å². The highest BCUT2D eigenvalue weighted by Gasteiger charge is 2.29. The lowest BCUT2D eigenvalue weighted by Gasteiger charge is -2.17. The van der Waals surface area contributed by atoms with E-state index in [9.17, 15) is 0 Å². The molecule has 0 amide bonds. The largest absolute Gasteiger partial charge is 0.327 e. The minimum Gasteiger partial charge on any atom is -0.327 e. The van der Waals surface area contributed by atoms with E-state index in [1.807, 2.05) is 7.05 Å². The second kappa shape index (κ2) is 4.05. The number of hydrogen-bond acceptors (Lipinski definition) is 5. The lowest BCUT2D eigenvalue weighted by Crippen LogP contribution is -2.26. The fraction of sp³-hybridized carbons (Fsp3) is 0.818. The van der Waals surface area contributed by atoms with E-state index < -0.39 is 0 Å². The quantitative estimate of drug-likeness (QED) is 0.823.